The summed E-state index contributed by atoms with van der Waals surface area (Å²) in [7, 11) is 0. The molecule has 1 amide bonds. The van der Waals surface area contributed by atoms with E-state index >= 15 is 0 Å². The lowest BCUT2D eigenvalue weighted by molar-refractivity contribution is 0.0910. The molecule has 0 aliphatic rings. The van der Waals surface area contributed by atoms with Gasteiger partial charge in [-0.05, 0) is 37.0 Å². The van der Waals surface area contributed by atoms with Crippen LogP contribution in [0.2, 0.25) is 0 Å². The van der Waals surface area contributed by atoms with E-state index in [-0.39, 0.29) is 18.1 Å². The van der Waals surface area contributed by atoms with Gasteiger partial charge in [-0.1, -0.05) is 66.2 Å². The molecule has 0 radical (unpaired) electrons. The van der Waals surface area contributed by atoms with Crippen LogP contribution in [-0.4, -0.2) is 32.6 Å². The molecule has 1 aromatic heterocycles. The van der Waals surface area contributed by atoms with Crippen LogP contribution in [0.5, 0.6) is 0 Å². The number of benzene rings is 2. The molecule has 0 bridgehead atoms. The Morgan fingerprint density at radius 3 is 2.36 bits per heavy atom. The van der Waals surface area contributed by atoms with Crippen LogP contribution >= 0.6 is 0 Å². The average Bonchev–Trinajstić information content (AvgIpc) is 3.07. The second-order valence-electron chi connectivity index (χ2n) is 6.99. The molecule has 0 saturated heterocycles. The number of aromatic nitrogens is 3. The van der Waals surface area contributed by atoms with E-state index in [1.165, 1.54) is 5.56 Å². The van der Waals surface area contributed by atoms with Gasteiger partial charge in [0.2, 0.25) is 0 Å². The standard InChI is InChI=1S/C22H26N4O2/c1-4-17-7-9-18(10-8-17)14-26-16(3)21(24-25-26)22(28)23-13-20(27)19-11-5-15(2)6-12-19/h5-12,20,27H,4,13-14H2,1-3H3,(H,23,28)/t20-/m1/s1. The second-order valence-corrected chi connectivity index (χ2v) is 6.99. The van der Waals surface area contributed by atoms with E-state index in [9.17, 15) is 9.90 Å². The van der Waals surface area contributed by atoms with Crippen molar-refractivity contribution in [2.24, 2.45) is 0 Å². The summed E-state index contributed by atoms with van der Waals surface area (Å²) in [5.41, 5.74) is 5.25. The summed E-state index contributed by atoms with van der Waals surface area (Å²) in [6, 6.07) is 15.9. The van der Waals surface area contributed by atoms with E-state index < -0.39 is 6.10 Å². The lowest BCUT2D eigenvalue weighted by atomic mass is 10.1. The van der Waals surface area contributed by atoms with E-state index in [1.54, 1.807) is 4.68 Å². The largest absolute Gasteiger partial charge is 0.387 e. The molecule has 0 saturated carbocycles. The molecule has 146 valence electrons. The highest BCUT2D eigenvalue weighted by Crippen LogP contribution is 2.14. The molecule has 0 fully saturated rings. The first-order valence-corrected chi connectivity index (χ1v) is 9.48. The number of hydrogen-bond acceptors (Lipinski definition) is 4. The molecular formula is C22H26N4O2. The smallest absolute Gasteiger partial charge is 0.273 e. The van der Waals surface area contributed by atoms with Crippen LogP contribution in [0.1, 0.15) is 51.5 Å². The molecule has 0 aliphatic heterocycles. The van der Waals surface area contributed by atoms with Crippen molar-refractivity contribution in [1.29, 1.82) is 0 Å². The van der Waals surface area contributed by atoms with Crippen LogP contribution in [0.4, 0.5) is 0 Å². The van der Waals surface area contributed by atoms with Crippen LogP contribution in [0.15, 0.2) is 48.5 Å². The maximum Gasteiger partial charge on any atom is 0.273 e. The van der Waals surface area contributed by atoms with Crippen molar-refractivity contribution in [2.75, 3.05) is 6.54 Å². The summed E-state index contributed by atoms with van der Waals surface area (Å²) in [5.74, 6) is -0.337. The lowest BCUT2D eigenvalue weighted by Gasteiger charge is -2.12. The maximum absolute atomic E-state index is 12.5. The van der Waals surface area contributed by atoms with Gasteiger partial charge in [0, 0.05) is 6.54 Å². The van der Waals surface area contributed by atoms with E-state index in [0.29, 0.717) is 12.2 Å². The average molecular weight is 378 g/mol. The van der Waals surface area contributed by atoms with E-state index in [4.69, 9.17) is 0 Å². The monoisotopic (exact) mass is 378 g/mol. The van der Waals surface area contributed by atoms with Crippen LogP contribution < -0.4 is 5.32 Å². The first-order valence-electron chi connectivity index (χ1n) is 9.48. The fraction of sp³-hybridized carbons (Fsp3) is 0.318. The van der Waals surface area contributed by atoms with Crippen molar-refractivity contribution in [1.82, 2.24) is 20.3 Å². The van der Waals surface area contributed by atoms with Crippen LogP contribution in [0, 0.1) is 13.8 Å². The SMILES string of the molecule is CCc1ccc(Cn2nnc(C(=O)NC[C@@H](O)c3ccc(C)cc3)c2C)cc1. The molecule has 6 nitrogen and oxygen atoms in total. The van der Waals surface area contributed by atoms with Gasteiger partial charge in [-0.2, -0.15) is 0 Å². The number of carbonyl (C=O) groups is 1. The minimum atomic E-state index is -0.767. The zero-order valence-corrected chi connectivity index (χ0v) is 16.5. The number of aliphatic hydroxyl groups excluding tert-OH is 1. The summed E-state index contributed by atoms with van der Waals surface area (Å²) in [5, 5.41) is 21.1. The number of aliphatic hydroxyl groups is 1. The number of rotatable bonds is 7. The molecule has 0 spiro atoms. The van der Waals surface area contributed by atoms with Gasteiger partial charge in [0.05, 0.1) is 18.3 Å². The Balaban J connectivity index is 1.61. The van der Waals surface area contributed by atoms with E-state index in [1.807, 2.05) is 38.1 Å². The fourth-order valence-electron chi connectivity index (χ4n) is 2.95. The summed E-state index contributed by atoms with van der Waals surface area (Å²) in [6.07, 6.45) is 0.235. The number of nitrogens with zero attached hydrogens (tertiary/aromatic N) is 3. The molecule has 0 unspecified atom stereocenters. The zero-order valence-electron chi connectivity index (χ0n) is 16.5. The van der Waals surface area contributed by atoms with Crippen molar-refractivity contribution in [3.05, 3.63) is 82.2 Å². The van der Waals surface area contributed by atoms with Gasteiger partial charge < -0.3 is 10.4 Å². The van der Waals surface area contributed by atoms with Crippen LogP contribution in [0.3, 0.4) is 0 Å². The van der Waals surface area contributed by atoms with Gasteiger partial charge in [0.25, 0.3) is 5.91 Å². The predicted octanol–water partition coefficient (Wildman–Crippen LogP) is 2.97. The van der Waals surface area contributed by atoms with Crippen LogP contribution in [-0.2, 0) is 13.0 Å². The van der Waals surface area contributed by atoms with Crippen molar-refractivity contribution in [3.8, 4) is 0 Å². The highest BCUT2D eigenvalue weighted by Gasteiger charge is 2.18. The molecule has 1 atom stereocenters. The topological polar surface area (TPSA) is 80.0 Å². The van der Waals surface area contributed by atoms with E-state index in [0.717, 1.165) is 23.1 Å². The fourth-order valence-corrected chi connectivity index (χ4v) is 2.95. The van der Waals surface area contributed by atoms with Gasteiger partial charge in [-0.3, -0.25) is 4.79 Å². The number of hydrogen-bond donors (Lipinski definition) is 2. The van der Waals surface area contributed by atoms with Crippen LogP contribution in [0.25, 0.3) is 0 Å². The molecule has 1 heterocycles. The number of aryl methyl sites for hydroxylation is 2. The zero-order chi connectivity index (χ0) is 20.1. The van der Waals surface area contributed by atoms with Gasteiger partial charge >= 0.3 is 0 Å². The molecule has 28 heavy (non-hydrogen) atoms. The summed E-state index contributed by atoms with van der Waals surface area (Å²) < 4.78 is 1.71. The summed E-state index contributed by atoms with van der Waals surface area (Å²) in [4.78, 5) is 12.5. The Bertz CT molecular complexity index is 930. The Morgan fingerprint density at radius 1 is 1.07 bits per heavy atom. The van der Waals surface area contributed by atoms with Gasteiger partial charge in [-0.25, -0.2) is 4.68 Å². The van der Waals surface area contributed by atoms with Gasteiger partial charge in [0.1, 0.15) is 0 Å². The molecule has 3 aromatic rings. The number of carbonyl (C=O) groups excluding carboxylic acids is 1. The first-order chi connectivity index (χ1) is 13.5. The Kier molecular flexibility index (Phi) is 6.21. The highest BCUT2D eigenvalue weighted by atomic mass is 16.3. The highest BCUT2D eigenvalue weighted by molar-refractivity contribution is 5.93. The molecular weight excluding hydrogens is 352 g/mol. The van der Waals surface area contributed by atoms with E-state index in [2.05, 4.69) is 46.8 Å². The Labute approximate surface area is 165 Å². The van der Waals surface area contributed by atoms with Crippen molar-refractivity contribution in [3.63, 3.8) is 0 Å². The lowest BCUT2D eigenvalue weighted by Crippen LogP contribution is -2.29. The van der Waals surface area contributed by atoms with Crippen molar-refractivity contribution >= 4 is 5.91 Å². The first kappa shape index (κ1) is 19.8. The summed E-state index contributed by atoms with van der Waals surface area (Å²) >= 11 is 0. The summed E-state index contributed by atoms with van der Waals surface area (Å²) in [6.45, 7) is 6.61. The third-order valence-electron chi connectivity index (χ3n) is 4.88. The minimum Gasteiger partial charge on any atom is -0.387 e. The molecule has 3 rings (SSSR count). The van der Waals surface area contributed by atoms with Gasteiger partial charge in [0.15, 0.2) is 5.69 Å². The minimum absolute atomic E-state index is 0.118. The number of nitrogens with one attached hydrogen (secondary N) is 1. The molecule has 2 aromatic carbocycles. The third kappa shape index (κ3) is 4.64. The van der Waals surface area contributed by atoms with Crippen molar-refractivity contribution in [2.45, 2.75) is 39.8 Å². The van der Waals surface area contributed by atoms with Gasteiger partial charge in [-0.15, -0.1) is 5.10 Å². The Morgan fingerprint density at radius 2 is 1.71 bits per heavy atom. The molecule has 6 heteroatoms. The van der Waals surface area contributed by atoms with Crippen molar-refractivity contribution < 1.29 is 9.90 Å². The second kappa shape index (κ2) is 8.80. The maximum atomic E-state index is 12.5. The quantitative estimate of drug-likeness (QED) is 0.662. The number of amides is 1. The molecule has 0 aliphatic carbocycles. The predicted molar refractivity (Wildman–Crippen MR) is 108 cm³/mol. The molecule has 2 N–H and O–H groups in total. The third-order valence-corrected chi connectivity index (χ3v) is 4.88. The Hall–Kier alpha value is -2.99. The normalized spacial score (nSPS) is 12.0.